The van der Waals surface area contributed by atoms with Crippen molar-refractivity contribution in [1.82, 2.24) is 30.0 Å². The van der Waals surface area contributed by atoms with Crippen molar-refractivity contribution >= 4 is 22.8 Å². The minimum absolute atomic E-state index is 0.0533. The number of nitrogens with one attached hydrogen (secondary N) is 2. The van der Waals surface area contributed by atoms with E-state index in [9.17, 15) is 13.6 Å². The first-order chi connectivity index (χ1) is 17.0. The molecule has 180 valence electrons. The average Bonchev–Trinajstić information content (AvgIpc) is 3.25. The van der Waals surface area contributed by atoms with Crippen LogP contribution in [0.4, 0.5) is 19.4 Å². The SMILES string of the molecule is Cc1cc(-n2ncc3cc(NC(=O)NC4CCCN(Cc5c(F)cccc5F)C4)ncc32)ccn1. The summed E-state index contributed by atoms with van der Waals surface area (Å²) in [5.41, 5.74) is 2.63. The molecule has 1 aliphatic rings. The van der Waals surface area contributed by atoms with E-state index in [2.05, 4.69) is 25.7 Å². The molecule has 1 atom stereocenters. The van der Waals surface area contributed by atoms with E-state index in [4.69, 9.17) is 0 Å². The van der Waals surface area contributed by atoms with Gasteiger partial charge in [-0.1, -0.05) is 6.07 Å². The van der Waals surface area contributed by atoms with E-state index in [1.807, 2.05) is 24.0 Å². The van der Waals surface area contributed by atoms with Gasteiger partial charge >= 0.3 is 6.03 Å². The van der Waals surface area contributed by atoms with Gasteiger partial charge in [-0.2, -0.15) is 5.10 Å². The number of urea groups is 1. The number of fused-ring (bicyclic) bond motifs is 1. The second kappa shape index (κ2) is 9.75. The van der Waals surface area contributed by atoms with Crippen molar-refractivity contribution in [3.05, 3.63) is 77.9 Å². The molecular weight excluding hydrogens is 452 g/mol. The summed E-state index contributed by atoms with van der Waals surface area (Å²) in [4.78, 5) is 23.2. The molecule has 0 spiro atoms. The molecule has 35 heavy (non-hydrogen) atoms. The molecule has 3 aromatic heterocycles. The van der Waals surface area contributed by atoms with Gasteiger partial charge in [0, 0.05) is 42.0 Å². The average molecular weight is 478 g/mol. The third-order valence-corrected chi connectivity index (χ3v) is 6.10. The Balaban J connectivity index is 1.21. The van der Waals surface area contributed by atoms with Crippen LogP contribution in [-0.2, 0) is 6.54 Å². The van der Waals surface area contributed by atoms with Crippen LogP contribution in [-0.4, -0.2) is 49.8 Å². The number of anilines is 1. The van der Waals surface area contributed by atoms with Crippen LogP contribution in [0.15, 0.2) is 55.0 Å². The van der Waals surface area contributed by atoms with Gasteiger partial charge in [-0.05, 0) is 56.6 Å². The first-order valence-electron chi connectivity index (χ1n) is 11.5. The van der Waals surface area contributed by atoms with Gasteiger partial charge in [0.2, 0.25) is 0 Å². The molecule has 0 radical (unpaired) electrons. The number of rotatable bonds is 5. The Morgan fingerprint density at radius 2 is 1.97 bits per heavy atom. The fourth-order valence-corrected chi connectivity index (χ4v) is 4.42. The van der Waals surface area contributed by atoms with Crippen LogP contribution in [0.1, 0.15) is 24.1 Å². The number of aromatic nitrogens is 4. The van der Waals surface area contributed by atoms with Crippen LogP contribution in [0.3, 0.4) is 0 Å². The maximum absolute atomic E-state index is 14.0. The molecule has 4 heterocycles. The third kappa shape index (κ3) is 5.12. The molecule has 8 nitrogen and oxygen atoms in total. The van der Waals surface area contributed by atoms with E-state index in [1.165, 1.54) is 18.2 Å². The van der Waals surface area contributed by atoms with Gasteiger partial charge < -0.3 is 5.32 Å². The number of piperidine rings is 1. The predicted octanol–water partition coefficient (Wildman–Crippen LogP) is 4.19. The zero-order valence-electron chi connectivity index (χ0n) is 19.2. The minimum Gasteiger partial charge on any atom is -0.334 e. The molecule has 2 amide bonds. The molecule has 1 fully saturated rings. The van der Waals surface area contributed by atoms with Crippen molar-refractivity contribution in [2.75, 3.05) is 18.4 Å². The highest BCUT2D eigenvalue weighted by atomic mass is 19.1. The number of amides is 2. The van der Waals surface area contributed by atoms with Crippen molar-refractivity contribution in [2.45, 2.75) is 32.4 Å². The second-order valence-corrected chi connectivity index (χ2v) is 8.71. The number of halogens is 2. The Labute approximate surface area is 201 Å². The summed E-state index contributed by atoms with van der Waals surface area (Å²) in [5, 5.41) is 11.0. The Bertz CT molecular complexity index is 1350. The Morgan fingerprint density at radius 1 is 1.14 bits per heavy atom. The number of hydrogen-bond acceptors (Lipinski definition) is 5. The van der Waals surface area contributed by atoms with Crippen LogP contribution < -0.4 is 10.6 Å². The summed E-state index contributed by atoms with van der Waals surface area (Å²) in [5.74, 6) is -0.704. The fourth-order valence-electron chi connectivity index (χ4n) is 4.42. The molecule has 1 saturated heterocycles. The highest BCUT2D eigenvalue weighted by Gasteiger charge is 2.23. The van der Waals surface area contributed by atoms with Gasteiger partial charge in [-0.3, -0.25) is 15.2 Å². The monoisotopic (exact) mass is 477 g/mol. The smallest absolute Gasteiger partial charge is 0.320 e. The number of carbonyl (C=O) groups excluding carboxylic acids is 1. The minimum atomic E-state index is -0.554. The maximum Gasteiger partial charge on any atom is 0.320 e. The summed E-state index contributed by atoms with van der Waals surface area (Å²) in [6.07, 6.45) is 6.72. The number of hydrogen-bond donors (Lipinski definition) is 2. The van der Waals surface area contributed by atoms with Crippen molar-refractivity contribution in [3.8, 4) is 5.69 Å². The van der Waals surface area contributed by atoms with E-state index >= 15 is 0 Å². The van der Waals surface area contributed by atoms with Crippen LogP contribution in [0.2, 0.25) is 0 Å². The lowest BCUT2D eigenvalue weighted by atomic mass is 10.0. The van der Waals surface area contributed by atoms with Crippen molar-refractivity contribution in [2.24, 2.45) is 0 Å². The van der Waals surface area contributed by atoms with Crippen molar-refractivity contribution in [3.63, 3.8) is 0 Å². The lowest BCUT2D eigenvalue weighted by Crippen LogP contribution is -2.48. The number of likely N-dealkylation sites (tertiary alicyclic amines) is 1. The summed E-state index contributed by atoms with van der Waals surface area (Å²) in [6.45, 7) is 3.30. The molecule has 0 saturated carbocycles. The number of nitrogens with zero attached hydrogens (tertiary/aromatic N) is 5. The van der Waals surface area contributed by atoms with E-state index in [0.29, 0.717) is 18.9 Å². The molecule has 0 bridgehead atoms. The van der Waals surface area contributed by atoms with Crippen LogP contribution in [0.5, 0.6) is 0 Å². The molecule has 1 unspecified atom stereocenters. The highest BCUT2D eigenvalue weighted by molar-refractivity contribution is 5.91. The molecule has 2 N–H and O–H groups in total. The molecular formula is C25H25F2N7O. The van der Waals surface area contributed by atoms with Gasteiger partial charge in [0.1, 0.15) is 17.5 Å². The number of pyridine rings is 2. The molecule has 4 aromatic rings. The van der Waals surface area contributed by atoms with Gasteiger partial charge in [-0.15, -0.1) is 0 Å². The Hall–Kier alpha value is -3.92. The zero-order valence-corrected chi connectivity index (χ0v) is 19.2. The third-order valence-electron chi connectivity index (χ3n) is 6.10. The summed E-state index contributed by atoms with van der Waals surface area (Å²) >= 11 is 0. The summed E-state index contributed by atoms with van der Waals surface area (Å²) in [7, 11) is 0. The normalized spacial score (nSPS) is 16.4. The molecule has 5 rings (SSSR count). The quantitative estimate of drug-likeness (QED) is 0.450. The van der Waals surface area contributed by atoms with Crippen LogP contribution in [0, 0.1) is 18.6 Å². The topological polar surface area (TPSA) is 88.0 Å². The van der Waals surface area contributed by atoms with Gasteiger partial charge in [0.25, 0.3) is 0 Å². The van der Waals surface area contributed by atoms with Crippen molar-refractivity contribution in [1.29, 1.82) is 0 Å². The number of carbonyl (C=O) groups is 1. The van der Waals surface area contributed by atoms with Crippen LogP contribution >= 0.6 is 0 Å². The Kier molecular flexibility index (Phi) is 6.37. The van der Waals surface area contributed by atoms with E-state index in [0.717, 1.165) is 35.1 Å². The Morgan fingerprint density at radius 3 is 2.77 bits per heavy atom. The number of aryl methyl sites for hydroxylation is 1. The van der Waals surface area contributed by atoms with E-state index in [-0.39, 0.29) is 24.2 Å². The molecule has 0 aliphatic carbocycles. The summed E-state index contributed by atoms with van der Waals surface area (Å²) < 4.78 is 29.8. The first-order valence-corrected chi connectivity index (χ1v) is 11.5. The maximum atomic E-state index is 14.0. The highest BCUT2D eigenvalue weighted by Crippen LogP contribution is 2.21. The molecule has 1 aromatic carbocycles. The van der Waals surface area contributed by atoms with Crippen LogP contribution in [0.25, 0.3) is 16.6 Å². The lowest BCUT2D eigenvalue weighted by molar-refractivity contribution is 0.180. The molecule has 1 aliphatic heterocycles. The molecule has 10 heteroatoms. The largest absolute Gasteiger partial charge is 0.334 e. The zero-order chi connectivity index (χ0) is 24.4. The van der Waals surface area contributed by atoms with Crippen molar-refractivity contribution < 1.29 is 13.6 Å². The number of benzene rings is 1. The van der Waals surface area contributed by atoms with Gasteiger partial charge in [0.15, 0.2) is 0 Å². The predicted molar refractivity (Wildman–Crippen MR) is 128 cm³/mol. The van der Waals surface area contributed by atoms with Gasteiger partial charge in [-0.25, -0.2) is 23.2 Å². The second-order valence-electron chi connectivity index (χ2n) is 8.71. The van der Waals surface area contributed by atoms with E-state index < -0.39 is 11.6 Å². The first kappa shape index (κ1) is 22.9. The lowest BCUT2D eigenvalue weighted by Gasteiger charge is -2.33. The fraction of sp³-hybridized carbons (Fsp3) is 0.280. The summed E-state index contributed by atoms with van der Waals surface area (Å²) in [6, 6.07) is 8.93. The standard InChI is InChI=1S/C25H25F2N7O/c1-16-10-19(7-8-28-16)34-23-13-29-24(11-17(23)12-30-34)32-25(35)31-18-4-3-9-33(14-18)15-20-21(26)5-2-6-22(20)27/h2,5-8,10-13,18H,3-4,9,14-15H2,1H3,(H2,29,31,32,35). The van der Waals surface area contributed by atoms with Gasteiger partial charge in [0.05, 0.1) is 23.6 Å². The van der Waals surface area contributed by atoms with E-state index in [1.54, 1.807) is 29.3 Å².